The highest BCUT2D eigenvalue weighted by atomic mass is 32.2. The molecule has 0 saturated heterocycles. The number of primary sulfonamides is 1. The molecule has 0 heterocycles. The number of carbonyl (C=O) groups is 3. The van der Waals surface area contributed by atoms with E-state index < -0.39 is 40.0 Å². The number of carbonyl (C=O) groups excluding carboxylic acids is 3. The van der Waals surface area contributed by atoms with Gasteiger partial charge in [-0.1, -0.05) is 18.2 Å². The van der Waals surface area contributed by atoms with Crippen molar-refractivity contribution in [3.63, 3.8) is 0 Å². The largest absolute Gasteiger partial charge is 0.451 e. The third-order valence-electron chi connectivity index (χ3n) is 4.35. The molecular weight excluding hydrogens is 454 g/mol. The van der Waals surface area contributed by atoms with E-state index in [0.29, 0.717) is 23.4 Å². The van der Waals surface area contributed by atoms with Crippen LogP contribution in [0.1, 0.15) is 23.7 Å². The molecule has 172 valence electrons. The predicted molar refractivity (Wildman–Crippen MR) is 123 cm³/mol. The van der Waals surface area contributed by atoms with Gasteiger partial charge >= 0.3 is 5.97 Å². The molecule has 2 amide bonds. The molecule has 0 spiro atoms. The molecule has 2 rings (SSSR count). The molecule has 32 heavy (non-hydrogen) atoms. The summed E-state index contributed by atoms with van der Waals surface area (Å²) in [5.74, 6) is -1.15. The van der Waals surface area contributed by atoms with Crippen LogP contribution in [0.4, 0.5) is 5.69 Å². The number of thioether (sulfide) groups is 1. The normalized spacial score (nSPS) is 13.0. The maximum absolute atomic E-state index is 12.6. The molecule has 0 radical (unpaired) electrons. The summed E-state index contributed by atoms with van der Waals surface area (Å²) in [6.07, 6.45) is 1.06. The molecule has 11 heteroatoms. The third kappa shape index (κ3) is 7.66. The van der Waals surface area contributed by atoms with E-state index in [1.165, 1.54) is 43.0 Å². The molecule has 0 aromatic heterocycles. The van der Waals surface area contributed by atoms with Crippen LogP contribution in [0.2, 0.25) is 0 Å². The van der Waals surface area contributed by atoms with E-state index in [-0.39, 0.29) is 4.90 Å². The molecule has 4 N–H and O–H groups in total. The van der Waals surface area contributed by atoms with E-state index in [1.54, 1.807) is 30.3 Å². The van der Waals surface area contributed by atoms with Gasteiger partial charge in [-0.25, -0.2) is 18.4 Å². The zero-order valence-electron chi connectivity index (χ0n) is 17.6. The molecule has 2 aromatic rings. The molecule has 2 unspecified atom stereocenters. The predicted octanol–water partition coefficient (Wildman–Crippen LogP) is 1.76. The Kier molecular flexibility index (Phi) is 9.24. The van der Waals surface area contributed by atoms with E-state index in [4.69, 9.17) is 9.88 Å². The first-order valence-corrected chi connectivity index (χ1v) is 12.5. The van der Waals surface area contributed by atoms with Crippen molar-refractivity contribution in [3.8, 4) is 0 Å². The van der Waals surface area contributed by atoms with E-state index in [2.05, 4.69) is 10.6 Å². The zero-order chi connectivity index (χ0) is 23.7. The number of amides is 2. The molecule has 9 nitrogen and oxygen atoms in total. The number of benzene rings is 2. The molecule has 2 aromatic carbocycles. The number of rotatable bonds is 10. The van der Waals surface area contributed by atoms with E-state index in [1.807, 2.05) is 6.26 Å². The number of ether oxygens (including phenoxy) is 1. The summed E-state index contributed by atoms with van der Waals surface area (Å²) in [6, 6.07) is 12.8. The lowest BCUT2D eigenvalue weighted by Crippen LogP contribution is -2.44. The molecule has 2 atom stereocenters. The molecule has 0 aliphatic rings. The summed E-state index contributed by atoms with van der Waals surface area (Å²) in [4.78, 5) is 37.3. The van der Waals surface area contributed by atoms with Crippen LogP contribution in [-0.2, 0) is 24.3 Å². The van der Waals surface area contributed by atoms with Crippen molar-refractivity contribution in [1.29, 1.82) is 0 Å². The van der Waals surface area contributed by atoms with Crippen molar-refractivity contribution in [1.82, 2.24) is 5.32 Å². The van der Waals surface area contributed by atoms with Crippen molar-refractivity contribution in [2.45, 2.75) is 30.4 Å². The minimum atomic E-state index is -3.85. The van der Waals surface area contributed by atoms with Crippen LogP contribution < -0.4 is 15.8 Å². The average Bonchev–Trinajstić information content (AvgIpc) is 2.76. The Morgan fingerprint density at radius 3 is 2.25 bits per heavy atom. The monoisotopic (exact) mass is 479 g/mol. The lowest BCUT2D eigenvalue weighted by atomic mass is 10.1. The highest BCUT2D eigenvalue weighted by Gasteiger charge is 2.26. The smallest absolute Gasteiger partial charge is 0.329 e. The summed E-state index contributed by atoms with van der Waals surface area (Å²) >= 11 is 1.51. The van der Waals surface area contributed by atoms with Crippen LogP contribution in [0.25, 0.3) is 0 Å². The van der Waals surface area contributed by atoms with Crippen LogP contribution in [0.5, 0.6) is 0 Å². The Labute approximate surface area is 191 Å². The molecule has 0 bridgehead atoms. The number of hydrogen-bond donors (Lipinski definition) is 3. The number of hydrogen-bond acceptors (Lipinski definition) is 7. The minimum absolute atomic E-state index is 0.0965. The first-order chi connectivity index (χ1) is 15.1. The second-order valence-corrected chi connectivity index (χ2v) is 9.36. The van der Waals surface area contributed by atoms with Gasteiger partial charge in [-0.3, -0.25) is 9.59 Å². The minimum Gasteiger partial charge on any atom is -0.451 e. The summed E-state index contributed by atoms with van der Waals surface area (Å²) in [5, 5.41) is 10.2. The topological polar surface area (TPSA) is 145 Å². The Balaban J connectivity index is 1.99. The molecule has 0 fully saturated rings. The Bertz CT molecular complexity index is 1040. The van der Waals surface area contributed by atoms with Crippen molar-refractivity contribution < 1.29 is 27.5 Å². The number of nitrogens with two attached hydrogens (primary N) is 1. The van der Waals surface area contributed by atoms with Gasteiger partial charge in [0.25, 0.3) is 11.8 Å². The Hall–Kier alpha value is -2.89. The quantitative estimate of drug-likeness (QED) is 0.440. The van der Waals surface area contributed by atoms with Crippen LogP contribution in [0.15, 0.2) is 59.5 Å². The molecular formula is C21H25N3O6S2. The van der Waals surface area contributed by atoms with Crippen LogP contribution in [0.3, 0.4) is 0 Å². The number of sulfonamides is 1. The first-order valence-electron chi connectivity index (χ1n) is 9.61. The van der Waals surface area contributed by atoms with E-state index in [0.717, 1.165) is 0 Å². The van der Waals surface area contributed by atoms with Gasteiger partial charge in [0, 0.05) is 11.3 Å². The van der Waals surface area contributed by atoms with Crippen molar-refractivity contribution >= 4 is 45.3 Å². The van der Waals surface area contributed by atoms with Crippen LogP contribution >= 0.6 is 11.8 Å². The van der Waals surface area contributed by atoms with Gasteiger partial charge in [-0.15, -0.1) is 0 Å². The standard InChI is InChI=1S/C21H25N3O6S2/c1-14(19(25)23-16-8-10-17(11-9-16)32(22,28)29)30-21(27)18(12-13-31-2)24-20(26)15-6-4-3-5-7-15/h3-11,14,18H,12-13H2,1-2H3,(H,23,25)(H,24,26)(H2,22,28,29). The van der Waals surface area contributed by atoms with Gasteiger partial charge in [0.1, 0.15) is 6.04 Å². The summed E-state index contributed by atoms with van der Waals surface area (Å²) < 4.78 is 27.9. The van der Waals surface area contributed by atoms with Crippen molar-refractivity contribution in [3.05, 3.63) is 60.2 Å². The lowest BCUT2D eigenvalue weighted by molar-refractivity contribution is -0.155. The first kappa shape index (κ1) is 25.4. The molecule has 0 aliphatic heterocycles. The average molecular weight is 480 g/mol. The van der Waals surface area contributed by atoms with Gasteiger partial charge in [0.2, 0.25) is 10.0 Å². The summed E-state index contributed by atoms with van der Waals surface area (Å²) in [6.45, 7) is 1.40. The second kappa shape index (κ2) is 11.7. The highest BCUT2D eigenvalue weighted by Crippen LogP contribution is 2.14. The van der Waals surface area contributed by atoms with Crippen molar-refractivity contribution in [2.24, 2.45) is 5.14 Å². The van der Waals surface area contributed by atoms with Gasteiger partial charge in [-0.05, 0) is 61.8 Å². The fourth-order valence-electron chi connectivity index (χ4n) is 2.60. The molecule has 0 saturated carbocycles. The van der Waals surface area contributed by atoms with Crippen LogP contribution in [-0.4, -0.2) is 50.4 Å². The van der Waals surface area contributed by atoms with Gasteiger partial charge in [0.15, 0.2) is 6.10 Å². The SMILES string of the molecule is CSCCC(NC(=O)c1ccccc1)C(=O)OC(C)C(=O)Nc1ccc(S(N)(=O)=O)cc1. The fourth-order valence-corrected chi connectivity index (χ4v) is 3.58. The maximum Gasteiger partial charge on any atom is 0.329 e. The Morgan fingerprint density at radius 2 is 1.69 bits per heavy atom. The molecule has 0 aliphatic carbocycles. The zero-order valence-corrected chi connectivity index (χ0v) is 19.2. The Morgan fingerprint density at radius 1 is 1.06 bits per heavy atom. The van der Waals surface area contributed by atoms with Crippen LogP contribution in [0, 0.1) is 0 Å². The number of nitrogens with one attached hydrogen (secondary N) is 2. The lowest BCUT2D eigenvalue weighted by Gasteiger charge is -2.20. The van der Waals surface area contributed by atoms with Crippen molar-refractivity contribution in [2.75, 3.05) is 17.3 Å². The maximum atomic E-state index is 12.6. The van der Waals surface area contributed by atoms with Gasteiger partial charge in [-0.2, -0.15) is 11.8 Å². The van der Waals surface area contributed by atoms with E-state index in [9.17, 15) is 22.8 Å². The van der Waals surface area contributed by atoms with Gasteiger partial charge in [0.05, 0.1) is 4.90 Å². The third-order valence-corrected chi connectivity index (χ3v) is 5.92. The second-order valence-electron chi connectivity index (χ2n) is 6.81. The summed E-state index contributed by atoms with van der Waals surface area (Å²) in [5.41, 5.74) is 0.713. The highest BCUT2D eigenvalue weighted by molar-refractivity contribution is 7.98. The number of esters is 1. The number of anilines is 1. The van der Waals surface area contributed by atoms with E-state index >= 15 is 0 Å². The summed E-state index contributed by atoms with van der Waals surface area (Å²) in [7, 11) is -3.85. The fraction of sp³-hybridized carbons (Fsp3) is 0.286. The van der Waals surface area contributed by atoms with Gasteiger partial charge < -0.3 is 15.4 Å².